The Morgan fingerprint density at radius 1 is 1.00 bits per heavy atom. The summed E-state index contributed by atoms with van der Waals surface area (Å²) in [4.78, 5) is 22.5. The number of alkyl carbamates (subject to hydrolysis) is 1. The Balaban J connectivity index is 4.16. The topological polar surface area (TPSA) is 55.4 Å². The fourth-order valence-corrected chi connectivity index (χ4v) is 0.584. The number of carbonyl (C=O) groups is 2. The number of imide groups is 1. The SMILES string of the molecule is CC(C)(C)OC(=O)NC(=O)C(C)(C)C. The second-order valence-corrected chi connectivity index (χ2v) is 5.21. The van der Waals surface area contributed by atoms with Crippen LogP contribution < -0.4 is 5.32 Å². The Labute approximate surface area is 85.0 Å². The molecule has 0 heterocycles. The molecule has 0 aliphatic carbocycles. The van der Waals surface area contributed by atoms with E-state index in [1.54, 1.807) is 41.5 Å². The van der Waals surface area contributed by atoms with Gasteiger partial charge in [0.1, 0.15) is 5.60 Å². The Bertz CT molecular complexity index is 233. The molecule has 4 nitrogen and oxygen atoms in total. The second-order valence-electron chi connectivity index (χ2n) is 5.21. The zero-order chi connectivity index (χ0) is 11.6. The average molecular weight is 201 g/mol. The lowest BCUT2D eigenvalue weighted by molar-refractivity contribution is -0.128. The smallest absolute Gasteiger partial charge is 0.414 e. The zero-order valence-corrected chi connectivity index (χ0v) is 9.72. The summed E-state index contributed by atoms with van der Waals surface area (Å²) in [6.07, 6.45) is -0.697. The number of hydrogen-bond donors (Lipinski definition) is 1. The standard InChI is InChI=1S/C10H19NO3/c1-9(2,3)7(12)11-8(13)14-10(4,5)6/h1-6H3,(H,11,12,13). The molecule has 0 radical (unpaired) electrons. The summed E-state index contributed by atoms with van der Waals surface area (Å²) in [5.41, 5.74) is -1.17. The molecule has 2 amide bonds. The van der Waals surface area contributed by atoms with Crippen LogP contribution in [0.15, 0.2) is 0 Å². The molecular formula is C10H19NO3. The number of amides is 2. The molecule has 0 saturated heterocycles. The second kappa shape index (κ2) is 3.98. The summed E-state index contributed by atoms with van der Waals surface area (Å²) in [6, 6.07) is 0. The summed E-state index contributed by atoms with van der Waals surface area (Å²) >= 11 is 0. The summed E-state index contributed by atoms with van der Waals surface area (Å²) in [5.74, 6) is -0.341. The van der Waals surface area contributed by atoms with Crippen molar-refractivity contribution in [1.29, 1.82) is 0 Å². The Morgan fingerprint density at radius 3 is 1.71 bits per heavy atom. The molecule has 0 saturated carbocycles. The average Bonchev–Trinajstić information content (AvgIpc) is 1.79. The van der Waals surface area contributed by atoms with Gasteiger partial charge in [0.15, 0.2) is 0 Å². The number of hydrogen-bond acceptors (Lipinski definition) is 3. The van der Waals surface area contributed by atoms with Crippen molar-refractivity contribution in [2.24, 2.45) is 5.41 Å². The maximum absolute atomic E-state index is 11.3. The normalized spacial score (nSPS) is 12.1. The van der Waals surface area contributed by atoms with Crippen molar-refractivity contribution >= 4 is 12.0 Å². The minimum Gasteiger partial charge on any atom is -0.444 e. The molecule has 0 aliphatic rings. The van der Waals surface area contributed by atoms with Crippen LogP contribution in [0.2, 0.25) is 0 Å². The van der Waals surface area contributed by atoms with Crippen molar-refractivity contribution in [1.82, 2.24) is 5.32 Å². The number of nitrogens with one attached hydrogen (secondary N) is 1. The molecule has 0 unspecified atom stereocenters. The highest BCUT2D eigenvalue weighted by atomic mass is 16.6. The molecular weight excluding hydrogens is 182 g/mol. The molecule has 0 fully saturated rings. The third-order valence-corrected chi connectivity index (χ3v) is 1.30. The maximum Gasteiger partial charge on any atom is 0.414 e. The summed E-state index contributed by atoms with van der Waals surface area (Å²) in [6.45, 7) is 10.4. The van der Waals surface area contributed by atoms with Crippen LogP contribution in [0.3, 0.4) is 0 Å². The Hall–Kier alpha value is -1.06. The first-order chi connectivity index (χ1) is 6.02. The zero-order valence-electron chi connectivity index (χ0n) is 9.72. The first-order valence-corrected chi connectivity index (χ1v) is 4.57. The van der Waals surface area contributed by atoms with Gasteiger partial charge >= 0.3 is 6.09 Å². The van der Waals surface area contributed by atoms with E-state index in [4.69, 9.17) is 4.74 Å². The molecule has 0 aromatic heterocycles. The molecule has 0 aromatic rings. The van der Waals surface area contributed by atoms with Crippen LogP contribution in [-0.4, -0.2) is 17.6 Å². The van der Waals surface area contributed by atoms with E-state index in [1.165, 1.54) is 0 Å². The van der Waals surface area contributed by atoms with Crippen molar-refractivity contribution in [2.45, 2.75) is 47.1 Å². The quantitative estimate of drug-likeness (QED) is 0.652. The van der Waals surface area contributed by atoms with Crippen LogP contribution >= 0.6 is 0 Å². The van der Waals surface area contributed by atoms with E-state index in [1.807, 2.05) is 0 Å². The molecule has 0 aromatic carbocycles. The van der Waals surface area contributed by atoms with Crippen molar-refractivity contribution in [3.05, 3.63) is 0 Å². The van der Waals surface area contributed by atoms with E-state index < -0.39 is 17.1 Å². The fraction of sp³-hybridized carbons (Fsp3) is 0.800. The van der Waals surface area contributed by atoms with Crippen molar-refractivity contribution < 1.29 is 14.3 Å². The van der Waals surface area contributed by atoms with Crippen molar-refractivity contribution in [3.8, 4) is 0 Å². The number of rotatable bonds is 0. The Kier molecular flexibility index (Phi) is 3.68. The van der Waals surface area contributed by atoms with E-state index >= 15 is 0 Å². The predicted octanol–water partition coefficient (Wildman–Crippen LogP) is 2.08. The molecule has 82 valence electrons. The van der Waals surface area contributed by atoms with E-state index in [0.717, 1.165) is 0 Å². The minimum absolute atomic E-state index is 0.341. The summed E-state index contributed by atoms with van der Waals surface area (Å²) in [5, 5.41) is 2.18. The van der Waals surface area contributed by atoms with Gasteiger partial charge in [-0.1, -0.05) is 20.8 Å². The van der Waals surface area contributed by atoms with Gasteiger partial charge in [-0.15, -0.1) is 0 Å². The molecule has 14 heavy (non-hydrogen) atoms. The largest absolute Gasteiger partial charge is 0.444 e. The van der Waals surface area contributed by atoms with Gasteiger partial charge < -0.3 is 4.74 Å². The lowest BCUT2D eigenvalue weighted by atomic mass is 9.96. The van der Waals surface area contributed by atoms with Gasteiger partial charge in [-0.3, -0.25) is 10.1 Å². The van der Waals surface area contributed by atoms with E-state index in [2.05, 4.69) is 5.32 Å². The highest BCUT2D eigenvalue weighted by Crippen LogP contribution is 2.13. The van der Waals surface area contributed by atoms with Crippen LogP contribution in [0.1, 0.15) is 41.5 Å². The molecule has 0 bridgehead atoms. The van der Waals surface area contributed by atoms with Gasteiger partial charge in [0.2, 0.25) is 5.91 Å². The molecule has 0 spiro atoms. The van der Waals surface area contributed by atoms with Crippen molar-refractivity contribution in [2.75, 3.05) is 0 Å². The van der Waals surface area contributed by atoms with Gasteiger partial charge in [-0.05, 0) is 20.8 Å². The molecule has 0 rings (SSSR count). The van der Waals surface area contributed by atoms with Gasteiger partial charge in [-0.2, -0.15) is 0 Å². The highest BCUT2D eigenvalue weighted by molar-refractivity contribution is 5.94. The first kappa shape index (κ1) is 12.9. The van der Waals surface area contributed by atoms with Crippen LogP contribution in [-0.2, 0) is 9.53 Å². The molecule has 4 heteroatoms. The fourth-order valence-electron chi connectivity index (χ4n) is 0.584. The predicted molar refractivity (Wildman–Crippen MR) is 53.8 cm³/mol. The first-order valence-electron chi connectivity index (χ1n) is 4.57. The van der Waals surface area contributed by atoms with Crippen LogP contribution in [0.25, 0.3) is 0 Å². The van der Waals surface area contributed by atoms with E-state index in [-0.39, 0.29) is 5.91 Å². The van der Waals surface area contributed by atoms with E-state index in [0.29, 0.717) is 0 Å². The molecule has 0 aliphatic heterocycles. The van der Waals surface area contributed by atoms with Gasteiger partial charge in [0.25, 0.3) is 0 Å². The lowest BCUT2D eigenvalue weighted by Gasteiger charge is -2.22. The highest BCUT2D eigenvalue weighted by Gasteiger charge is 2.25. The van der Waals surface area contributed by atoms with Crippen molar-refractivity contribution in [3.63, 3.8) is 0 Å². The van der Waals surface area contributed by atoms with E-state index in [9.17, 15) is 9.59 Å². The monoisotopic (exact) mass is 201 g/mol. The summed E-state index contributed by atoms with van der Waals surface area (Å²) in [7, 11) is 0. The third kappa shape index (κ3) is 5.56. The van der Waals surface area contributed by atoms with Gasteiger partial charge in [-0.25, -0.2) is 4.79 Å². The number of carbonyl (C=O) groups excluding carboxylic acids is 2. The van der Waals surface area contributed by atoms with Gasteiger partial charge in [0.05, 0.1) is 0 Å². The van der Waals surface area contributed by atoms with Crippen LogP contribution in [0.4, 0.5) is 4.79 Å². The van der Waals surface area contributed by atoms with Crippen LogP contribution in [0, 0.1) is 5.41 Å². The molecule has 0 atom stereocenters. The molecule has 1 N–H and O–H groups in total. The minimum atomic E-state index is -0.697. The lowest BCUT2D eigenvalue weighted by Crippen LogP contribution is -2.41. The van der Waals surface area contributed by atoms with Gasteiger partial charge in [0, 0.05) is 5.41 Å². The maximum atomic E-state index is 11.3. The van der Waals surface area contributed by atoms with Crippen LogP contribution in [0.5, 0.6) is 0 Å². The Morgan fingerprint density at radius 2 is 1.43 bits per heavy atom. The number of ether oxygens (including phenoxy) is 1. The third-order valence-electron chi connectivity index (χ3n) is 1.30. The summed E-state index contributed by atoms with van der Waals surface area (Å²) < 4.78 is 4.93.